The first kappa shape index (κ1) is 16.9. The normalized spacial score (nSPS) is 10.2. The van der Waals surface area contributed by atoms with Crippen LogP contribution in [0, 0.1) is 0 Å². The van der Waals surface area contributed by atoms with E-state index in [0.29, 0.717) is 11.4 Å². The van der Waals surface area contributed by atoms with Crippen LogP contribution >= 0.6 is 11.3 Å². The van der Waals surface area contributed by atoms with Crippen molar-refractivity contribution in [3.05, 3.63) is 82.6 Å². The fourth-order valence-corrected chi connectivity index (χ4v) is 3.26. The summed E-state index contributed by atoms with van der Waals surface area (Å²) in [6.45, 7) is 0.404. The number of carbonyl (C=O) groups is 2. The predicted molar refractivity (Wildman–Crippen MR) is 100 cm³/mol. The minimum atomic E-state index is -0.233. The quantitative estimate of drug-likeness (QED) is 0.715. The SMILES string of the molecule is O=C(CNC(=O)c1sccc1-c1ccccc1)NCc1ccccc1. The third-order valence-corrected chi connectivity index (χ3v) is 4.61. The summed E-state index contributed by atoms with van der Waals surface area (Å²) in [5.74, 6) is -0.446. The second-order valence-electron chi connectivity index (χ2n) is 5.47. The van der Waals surface area contributed by atoms with Gasteiger partial charge in [0.1, 0.15) is 0 Å². The molecule has 0 unspecified atom stereocenters. The lowest BCUT2D eigenvalue weighted by atomic mass is 10.1. The lowest BCUT2D eigenvalue weighted by Gasteiger charge is -2.08. The Morgan fingerprint density at radius 3 is 2.24 bits per heavy atom. The highest BCUT2D eigenvalue weighted by Gasteiger charge is 2.15. The summed E-state index contributed by atoms with van der Waals surface area (Å²) in [6, 6.07) is 21.3. The van der Waals surface area contributed by atoms with Gasteiger partial charge in [-0.2, -0.15) is 0 Å². The summed E-state index contributed by atoms with van der Waals surface area (Å²) in [5.41, 5.74) is 2.89. The van der Waals surface area contributed by atoms with Crippen molar-refractivity contribution in [2.75, 3.05) is 6.54 Å². The molecule has 0 aliphatic carbocycles. The molecule has 126 valence electrons. The van der Waals surface area contributed by atoms with Crippen LogP contribution in [0.15, 0.2) is 72.1 Å². The summed E-state index contributed by atoms with van der Waals surface area (Å²) in [6.07, 6.45) is 0. The zero-order valence-electron chi connectivity index (χ0n) is 13.6. The molecule has 2 N–H and O–H groups in total. The number of carbonyl (C=O) groups excluding carboxylic acids is 2. The number of thiophene rings is 1. The molecule has 2 amide bonds. The molecule has 3 rings (SSSR count). The Labute approximate surface area is 150 Å². The summed E-state index contributed by atoms with van der Waals surface area (Å²) in [4.78, 5) is 24.9. The van der Waals surface area contributed by atoms with Gasteiger partial charge in [-0.05, 0) is 22.6 Å². The minimum Gasteiger partial charge on any atom is -0.350 e. The van der Waals surface area contributed by atoms with Crippen molar-refractivity contribution in [2.45, 2.75) is 6.54 Å². The van der Waals surface area contributed by atoms with Crippen LogP contribution in [0.1, 0.15) is 15.2 Å². The molecule has 1 heterocycles. The smallest absolute Gasteiger partial charge is 0.262 e. The number of benzene rings is 2. The summed E-state index contributed by atoms with van der Waals surface area (Å²) in [5, 5.41) is 7.37. The molecule has 0 atom stereocenters. The summed E-state index contributed by atoms with van der Waals surface area (Å²) < 4.78 is 0. The van der Waals surface area contributed by atoms with Gasteiger partial charge in [-0.1, -0.05) is 60.7 Å². The number of amides is 2. The Balaban J connectivity index is 1.55. The summed E-state index contributed by atoms with van der Waals surface area (Å²) in [7, 11) is 0. The molecule has 0 saturated carbocycles. The summed E-state index contributed by atoms with van der Waals surface area (Å²) >= 11 is 1.37. The maximum atomic E-state index is 12.4. The maximum absolute atomic E-state index is 12.4. The highest BCUT2D eigenvalue weighted by Crippen LogP contribution is 2.27. The van der Waals surface area contributed by atoms with Crippen LogP contribution in [0.2, 0.25) is 0 Å². The average Bonchev–Trinajstić information content (AvgIpc) is 3.16. The van der Waals surface area contributed by atoms with Gasteiger partial charge in [-0.25, -0.2) is 0 Å². The molecule has 5 heteroatoms. The average molecular weight is 350 g/mol. The lowest BCUT2D eigenvalue weighted by Crippen LogP contribution is -2.36. The van der Waals surface area contributed by atoms with E-state index in [0.717, 1.165) is 16.7 Å². The Kier molecular flexibility index (Phi) is 5.59. The number of hydrogen-bond donors (Lipinski definition) is 2. The van der Waals surface area contributed by atoms with E-state index < -0.39 is 0 Å². The van der Waals surface area contributed by atoms with E-state index in [1.165, 1.54) is 11.3 Å². The van der Waals surface area contributed by atoms with Crippen LogP contribution < -0.4 is 10.6 Å². The minimum absolute atomic E-state index is 0.0439. The zero-order valence-corrected chi connectivity index (χ0v) is 14.4. The number of rotatable bonds is 6. The molecule has 0 saturated heterocycles. The standard InChI is InChI=1S/C20H18N2O2S/c23-18(21-13-15-7-3-1-4-8-15)14-22-20(24)19-17(11-12-25-19)16-9-5-2-6-10-16/h1-12H,13-14H2,(H,21,23)(H,22,24). The topological polar surface area (TPSA) is 58.2 Å². The number of nitrogens with one attached hydrogen (secondary N) is 2. The second-order valence-corrected chi connectivity index (χ2v) is 6.39. The van der Waals surface area contributed by atoms with E-state index >= 15 is 0 Å². The molecule has 0 spiro atoms. The van der Waals surface area contributed by atoms with Gasteiger partial charge in [0.25, 0.3) is 5.91 Å². The monoisotopic (exact) mass is 350 g/mol. The van der Waals surface area contributed by atoms with E-state index in [4.69, 9.17) is 0 Å². The first-order valence-electron chi connectivity index (χ1n) is 7.96. The highest BCUT2D eigenvalue weighted by molar-refractivity contribution is 7.12. The van der Waals surface area contributed by atoms with Crippen molar-refractivity contribution in [3.8, 4) is 11.1 Å². The van der Waals surface area contributed by atoms with Crippen molar-refractivity contribution in [3.63, 3.8) is 0 Å². The Morgan fingerprint density at radius 2 is 1.52 bits per heavy atom. The van der Waals surface area contributed by atoms with Crippen LogP contribution in [0.4, 0.5) is 0 Å². The Hall–Kier alpha value is -2.92. The lowest BCUT2D eigenvalue weighted by molar-refractivity contribution is -0.120. The van der Waals surface area contributed by atoms with Gasteiger partial charge in [0.2, 0.25) is 5.91 Å². The van der Waals surface area contributed by atoms with Gasteiger partial charge in [-0.3, -0.25) is 9.59 Å². The zero-order chi connectivity index (χ0) is 17.5. The molecule has 0 bridgehead atoms. The van der Waals surface area contributed by atoms with Crippen molar-refractivity contribution in [2.24, 2.45) is 0 Å². The molecule has 0 fully saturated rings. The molecule has 2 aromatic carbocycles. The van der Waals surface area contributed by atoms with Crippen LogP contribution in [-0.4, -0.2) is 18.4 Å². The van der Waals surface area contributed by atoms with Gasteiger partial charge >= 0.3 is 0 Å². The van der Waals surface area contributed by atoms with Gasteiger partial charge < -0.3 is 10.6 Å². The Morgan fingerprint density at radius 1 is 0.840 bits per heavy atom. The van der Waals surface area contributed by atoms with Gasteiger partial charge in [0.15, 0.2) is 0 Å². The van der Waals surface area contributed by atoms with Crippen molar-refractivity contribution < 1.29 is 9.59 Å². The fourth-order valence-electron chi connectivity index (χ4n) is 2.43. The molecule has 0 aliphatic heterocycles. The van der Waals surface area contributed by atoms with Gasteiger partial charge in [-0.15, -0.1) is 11.3 Å². The molecule has 25 heavy (non-hydrogen) atoms. The van der Waals surface area contributed by atoms with Crippen LogP contribution in [0.3, 0.4) is 0 Å². The molecular weight excluding hydrogens is 332 g/mol. The van der Waals surface area contributed by atoms with Gasteiger partial charge in [0, 0.05) is 12.1 Å². The molecule has 4 nitrogen and oxygen atoms in total. The predicted octanol–water partition coefficient (Wildman–Crippen LogP) is 3.46. The van der Waals surface area contributed by atoms with Crippen LogP contribution in [-0.2, 0) is 11.3 Å². The fraction of sp³-hybridized carbons (Fsp3) is 0.100. The second kappa shape index (κ2) is 8.26. The van der Waals surface area contributed by atoms with Crippen LogP contribution in [0.25, 0.3) is 11.1 Å². The van der Waals surface area contributed by atoms with E-state index in [2.05, 4.69) is 10.6 Å². The van der Waals surface area contributed by atoms with E-state index in [1.807, 2.05) is 72.1 Å². The third kappa shape index (κ3) is 4.55. The van der Waals surface area contributed by atoms with Crippen LogP contribution in [0.5, 0.6) is 0 Å². The molecule has 3 aromatic rings. The largest absolute Gasteiger partial charge is 0.350 e. The number of hydrogen-bond acceptors (Lipinski definition) is 3. The van der Waals surface area contributed by atoms with Crippen molar-refractivity contribution in [1.29, 1.82) is 0 Å². The first-order valence-corrected chi connectivity index (χ1v) is 8.84. The molecular formula is C20H18N2O2S. The third-order valence-electron chi connectivity index (χ3n) is 3.70. The van der Waals surface area contributed by atoms with Gasteiger partial charge in [0.05, 0.1) is 11.4 Å². The Bertz CT molecular complexity index is 844. The highest BCUT2D eigenvalue weighted by atomic mass is 32.1. The van der Waals surface area contributed by atoms with E-state index in [1.54, 1.807) is 0 Å². The van der Waals surface area contributed by atoms with E-state index in [9.17, 15) is 9.59 Å². The van der Waals surface area contributed by atoms with Crippen molar-refractivity contribution >= 4 is 23.2 Å². The molecule has 0 radical (unpaired) electrons. The van der Waals surface area contributed by atoms with Crippen molar-refractivity contribution in [1.82, 2.24) is 10.6 Å². The maximum Gasteiger partial charge on any atom is 0.262 e. The van der Waals surface area contributed by atoms with E-state index in [-0.39, 0.29) is 18.4 Å². The molecule has 1 aromatic heterocycles. The first-order chi connectivity index (χ1) is 12.2. The molecule has 0 aliphatic rings.